The van der Waals surface area contributed by atoms with E-state index in [4.69, 9.17) is 4.74 Å². The van der Waals surface area contributed by atoms with Crippen LogP contribution in [0, 0.1) is 11.3 Å². The lowest BCUT2D eigenvalue weighted by Gasteiger charge is -2.22. The maximum Gasteiger partial charge on any atom is 0.407 e. The topological polar surface area (TPSA) is 116 Å². The van der Waals surface area contributed by atoms with Crippen LogP contribution in [-0.2, 0) is 28.7 Å². The van der Waals surface area contributed by atoms with Crippen LogP contribution in [0.15, 0.2) is 48.5 Å². The Morgan fingerprint density at radius 2 is 1.42 bits per heavy atom. The minimum atomic E-state index is -1.50. The average Bonchev–Trinajstić information content (AvgIpc) is 3.17. The molecule has 0 saturated heterocycles. The molecule has 2 aromatic carbocycles. The Morgan fingerprint density at radius 1 is 0.889 bits per heavy atom. The summed E-state index contributed by atoms with van der Waals surface area (Å²) in [5.41, 5.74) is 3.15. The lowest BCUT2D eigenvalue weighted by Crippen LogP contribution is -2.49. The van der Waals surface area contributed by atoms with Gasteiger partial charge in [0.05, 0.1) is 0 Å². The highest BCUT2D eigenvalue weighted by Gasteiger charge is 2.37. The molecule has 1 N–H and O–H groups in total. The van der Waals surface area contributed by atoms with Crippen molar-refractivity contribution in [2.75, 3.05) is 6.61 Å². The maximum atomic E-state index is 12.8. The van der Waals surface area contributed by atoms with Gasteiger partial charge in [0, 0.05) is 11.3 Å². The molecule has 2 atom stereocenters. The molecule has 0 spiro atoms. The molecule has 8 heteroatoms. The summed E-state index contributed by atoms with van der Waals surface area (Å²) in [5, 5.41) is 2.45. The number of benzene rings is 2. The molecule has 0 fully saturated rings. The van der Waals surface area contributed by atoms with Gasteiger partial charge < -0.3 is 14.8 Å². The molecule has 8 nitrogen and oxygen atoms in total. The van der Waals surface area contributed by atoms with E-state index >= 15 is 0 Å². The fourth-order valence-corrected chi connectivity index (χ4v) is 4.08. The van der Waals surface area contributed by atoms with Crippen molar-refractivity contribution in [3.63, 3.8) is 0 Å². The van der Waals surface area contributed by atoms with Gasteiger partial charge in [0.25, 0.3) is 5.78 Å². The third-order valence-electron chi connectivity index (χ3n) is 6.37. The van der Waals surface area contributed by atoms with Gasteiger partial charge in [-0.25, -0.2) is 14.4 Å². The van der Waals surface area contributed by atoms with Crippen LogP contribution < -0.4 is 5.32 Å². The molecule has 0 saturated carbocycles. The SMILES string of the molecule is CC[C@H](C)[C@H](NC(=O)OCC1c2ccccc2-c2ccccc21)C(=O)C(=O)OC(=O)C(=O)C(C)(C)C. The molecular weight excluding hydrogens is 462 g/mol. The Morgan fingerprint density at radius 3 is 1.92 bits per heavy atom. The van der Waals surface area contributed by atoms with Crippen LogP contribution in [0.25, 0.3) is 11.1 Å². The maximum absolute atomic E-state index is 12.8. The lowest BCUT2D eigenvalue weighted by molar-refractivity contribution is -0.169. The van der Waals surface area contributed by atoms with Crippen LogP contribution in [0.5, 0.6) is 0 Å². The third-order valence-corrected chi connectivity index (χ3v) is 6.37. The first-order valence-corrected chi connectivity index (χ1v) is 11.9. The molecule has 0 aliphatic heterocycles. The number of esters is 2. The molecule has 0 aromatic heterocycles. The number of ketones is 2. The quantitative estimate of drug-likeness (QED) is 0.333. The van der Waals surface area contributed by atoms with Crippen LogP contribution in [0.3, 0.4) is 0 Å². The summed E-state index contributed by atoms with van der Waals surface area (Å²) in [6.45, 7) is 7.95. The Hall–Kier alpha value is -3.81. The highest BCUT2D eigenvalue weighted by molar-refractivity contribution is 6.44. The minimum absolute atomic E-state index is 0.0320. The van der Waals surface area contributed by atoms with E-state index in [-0.39, 0.29) is 12.5 Å². The second kappa shape index (κ2) is 10.8. The number of carbonyl (C=O) groups is 5. The zero-order chi connectivity index (χ0) is 26.6. The van der Waals surface area contributed by atoms with E-state index in [1.807, 2.05) is 48.5 Å². The molecule has 0 bridgehead atoms. The van der Waals surface area contributed by atoms with Crippen molar-refractivity contribution < 1.29 is 33.4 Å². The zero-order valence-electron chi connectivity index (χ0n) is 21.1. The van der Waals surface area contributed by atoms with Crippen molar-refractivity contribution in [2.24, 2.45) is 11.3 Å². The number of ether oxygens (including phenoxy) is 2. The second-order valence-corrected chi connectivity index (χ2v) is 9.95. The summed E-state index contributed by atoms with van der Waals surface area (Å²) >= 11 is 0. The molecule has 1 aliphatic carbocycles. The molecule has 0 radical (unpaired) electrons. The van der Waals surface area contributed by atoms with E-state index in [1.165, 1.54) is 20.8 Å². The molecule has 2 aromatic rings. The van der Waals surface area contributed by atoms with Crippen LogP contribution in [0.2, 0.25) is 0 Å². The average molecular weight is 494 g/mol. The molecule has 190 valence electrons. The fourth-order valence-electron chi connectivity index (χ4n) is 4.08. The van der Waals surface area contributed by atoms with E-state index < -0.39 is 47.0 Å². The van der Waals surface area contributed by atoms with E-state index in [2.05, 4.69) is 10.1 Å². The Labute approximate surface area is 210 Å². The number of amides is 1. The molecule has 36 heavy (non-hydrogen) atoms. The summed E-state index contributed by atoms with van der Waals surface area (Å²) in [6.07, 6.45) is -0.428. The smallest absolute Gasteiger partial charge is 0.407 e. The monoisotopic (exact) mass is 493 g/mol. The first-order valence-electron chi connectivity index (χ1n) is 11.9. The van der Waals surface area contributed by atoms with Gasteiger partial charge in [-0.05, 0) is 28.2 Å². The highest BCUT2D eigenvalue weighted by Crippen LogP contribution is 2.44. The molecule has 3 rings (SSSR count). The van der Waals surface area contributed by atoms with Crippen LogP contribution in [0.4, 0.5) is 4.79 Å². The third kappa shape index (κ3) is 5.70. The Balaban J connectivity index is 1.68. The Bertz CT molecular complexity index is 1150. The van der Waals surface area contributed by atoms with Crippen molar-refractivity contribution in [1.82, 2.24) is 5.32 Å². The van der Waals surface area contributed by atoms with Crippen molar-refractivity contribution in [3.05, 3.63) is 59.7 Å². The molecular formula is C28H31NO7. The number of alkyl carbamates (subject to hydrolysis) is 1. The standard InChI is InChI=1S/C28H31NO7/c1-6-16(2)22(23(30)25(32)36-26(33)24(31)28(3,4)5)29-27(34)35-15-21-19-13-9-7-11-17(19)18-12-8-10-14-20(18)21/h7-14,16,21-22H,6,15H2,1-5H3,(H,29,34)/t16-,22-/m0/s1. The van der Waals surface area contributed by atoms with E-state index in [0.717, 1.165) is 22.3 Å². The second-order valence-electron chi connectivity index (χ2n) is 9.95. The summed E-state index contributed by atoms with van der Waals surface area (Å²) in [6, 6.07) is 14.5. The van der Waals surface area contributed by atoms with Gasteiger partial charge in [-0.1, -0.05) is 89.6 Å². The van der Waals surface area contributed by atoms with Crippen LogP contribution >= 0.6 is 0 Å². The van der Waals surface area contributed by atoms with E-state index in [1.54, 1.807) is 13.8 Å². The van der Waals surface area contributed by atoms with E-state index in [0.29, 0.717) is 6.42 Å². The number of nitrogens with one attached hydrogen (secondary N) is 1. The van der Waals surface area contributed by atoms with Gasteiger partial charge in [-0.2, -0.15) is 0 Å². The van der Waals surface area contributed by atoms with Gasteiger partial charge in [-0.3, -0.25) is 9.59 Å². The number of carbonyl (C=O) groups excluding carboxylic acids is 5. The summed E-state index contributed by atoms with van der Waals surface area (Å²) < 4.78 is 9.99. The fraction of sp³-hybridized carbons (Fsp3) is 0.393. The normalized spacial score (nSPS) is 14.1. The van der Waals surface area contributed by atoms with E-state index in [9.17, 15) is 24.0 Å². The van der Waals surface area contributed by atoms with Gasteiger partial charge in [0.15, 0.2) is 0 Å². The number of fused-ring (bicyclic) bond motifs is 3. The number of hydrogen-bond acceptors (Lipinski definition) is 7. The largest absolute Gasteiger partial charge is 0.449 e. The number of Topliss-reactive ketones (excluding diaryl/α,β-unsaturated/α-hetero) is 2. The first-order chi connectivity index (χ1) is 17.0. The lowest BCUT2D eigenvalue weighted by atomic mass is 9.91. The van der Waals surface area contributed by atoms with Gasteiger partial charge >= 0.3 is 18.0 Å². The summed E-state index contributed by atoms with van der Waals surface area (Å²) in [4.78, 5) is 61.8. The van der Waals surface area contributed by atoms with Crippen molar-refractivity contribution in [1.29, 1.82) is 0 Å². The van der Waals surface area contributed by atoms with Crippen molar-refractivity contribution in [3.8, 4) is 11.1 Å². The van der Waals surface area contributed by atoms with Gasteiger partial charge in [0.2, 0.25) is 5.78 Å². The predicted octanol–water partition coefficient (Wildman–Crippen LogP) is 4.19. The predicted molar refractivity (Wildman–Crippen MR) is 132 cm³/mol. The zero-order valence-corrected chi connectivity index (χ0v) is 21.1. The molecule has 1 amide bonds. The minimum Gasteiger partial charge on any atom is -0.449 e. The number of rotatable bonds is 8. The van der Waals surface area contributed by atoms with Crippen molar-refractivity contribution in [2.45, 2.75) is 53.0 Å². The highest BCUT2D eigenvalue weighted by atomic mass is 16.6. The number of hydrogen-bond donors (Lipinski definition) is 1. The molecule has 0 heterocycles. The Kier molecular flexibility index (Phi) is 8.07. The van der Waals surface area contributed by atoms with Crippen LogP contribution in [-0.4, -0.2) is 42.2 Å². The molecule has 0 unspecified atom stereocenters. The van der Waals surface area contributed by atoms with Gasteiger partial charge in [0.1, 0.15) is 12.6 Å². The summed E-state index contributed by atoms with van der Waals surface area (Å²) in [5.74, 6) is -5.61. The first kappa shape index (κ1) is 26.8. The van der Waals surface area contributed by atoms with Crippen molar-refractivity contribution >= 4 is 29.6 Å². The van der Waals surface area contributed by atoms with Gasteiger partial charge in [-0.15, -0.1) is 0 Å². The summed E-state index contributed by atoms with van der Waals surface area (Å²) in [7, 11) is 0. The molecule has 1 aliphatic rings. The van der Waals surface area contributed by atoms with Crippen LogP contribution in [0.1, 0.15) is 58.1 Å².